The molecule has 0 spiro atoms. The number of amides is 1. The number of ether oxygens (including phenoxy) is 1. The Labute approximate surface area is 155 Å². The van der Waals surface area contributed by atoms with Crippen LogP contribution in [0.4, 0.5) is 11.6 Å². The predicted octanol–water partition coefficient (Wildman–Crippen LogP) is 3.78. The van der Waals surface area contributed by atoms with Crippen LogP contribution < -0.4 is 15.0 Å². The number of benzene rings is 1. The lowest BCUT2D eigenvalue weighted by molar-refractivity contribution is -0.115. The molecule has 1 N–H and O–H groups in total. The second kappa shape index (κ2) is 7.29. The van der Waals surface area contributed by atoms with Gasteiger partial charge in [0.2, 0.25) is 0 Å². The largest absolute Gasteiger partial charge is 0.497 e. The van der Waals surface area contributed by atoms with Crippen molar-refractivity contribution in [2.45, 2.75) is 12.8 Å². The molecule has 0 bridgehead atoms. The van der Waals surface area contributed by atoms with Crippen molar-refractivity contribution < 1.29 is 13.9 Å². The van der Waals surface area contributed by atoms with Crippen molar-refractivity contribution >= 4 is 40.5 Å². The van der Waals surface area contributed by atoms with Gasteiger partial charge in [-0.2, -0.15) is 0 Å². The summed E-state index contributed by atoms with van der Waals surface area (Å²) in [7, 11) is 1.62. The molecule has 4 rings (SSSR count). The Balaban J connectivity index is 1.48. The molecule has 0 aliphatic carbocycles. The highest BCUT2D eigenvalue weighted by Gasteiger charge is 2.24. The second-order valence-electron chi connectivity index (χ2n) is 6.05. The number of hydrogen-bond donors (Lipinski definition) is 1. The quantitative estimate of drug-likeness (QED) is 0.831. The van der Waals surface area contributed by atoms with E-state index in [1.54, 1.807) is 13.2 Å². The van der Waals surface area contributed by atoms with Crippen molar-refractivity contribution in [1.29, 1.82) is 0 Å². The number of thioether (sulfide) groups is 1. The number of rotatable bonds is 4. The van der Waals surface area contributed by atoms with E-state index in [9.17, 15) is 4.79 Å². The van der Waals surface area contributed by atoms with Crippen LogP contribution in [0.3, 0.4) is 0 Å². The van der Waals surface area contributed by atoms with Crippen molar-refractivity contribution in [2.75, 3.05) is 25.1 Å². The first-order chi connectivity index (χ1) is 12.7. The fourth-order valence-electron chi connectivity index (χ4n) is 2.91. The van der Waals surface area contributed by atoms with Gasteiger partial charge in [0.1, 0.15) is 11.5 Å². The van der Waals surface area contributed by atoms with Gasteiger partial charge in [-0.15, -0.1) is 0 Å². The molecule has 2 aliphatic rings. The van der Waals surface area contributed by atoms with Gasteiger partial charge in [0.15, 0.2) is 11.1 Å². The van der Waals surface area contributed by atoms with E-state index < -0.39 is 0 Å². The summed E-state index contributed by atoms with van der Waals surface area (Å²) in [5.74, 6) is 2.14. The van der Waals surface area contributed by atoms with Crippen molar-refractivity contribution in [1.82, 2.24) is 5.32 Å². The van der Waals surface area contributed by atoms with Crippen molar-refractivity contribution in [3.63, 3.8) is 0 Å². The third-order valence-corrected chi connectivity index (χ3v) is 5.17. The third kappa shape index (κ3) is 3.62. The van der Waals surface area contributed by atoms with Gasteiger partial charge in [-0.1, -0.05) is 0 Å². The van der Waals surface area contributed by atoms with E-state index in [4.69, 9.17) is 9.15 Å². The van der Waals surface area contributed by atoms with E-state index in [0.717, 1.165) is 30.4 Å². The Hall–Kier alpha value is -2.67. The molecule has 134 valence electrons. The van der Waals surface area contributed by atoms with Gasteiger partial charge in [-0.05, 0) is 54.9 Å². The van der Waals surface area contributed by atoms with Gasteiger partial charge < -0.3 is 19.4 Å². The molecule has 0 atom stereocenters. The third-order valence-electron chi connectivity index (χ3n) is 4.26. The smallest absolute Gasteiger partial charge is 0.264 e. The first kappa shape index (κ1) is 16.8. The summed E-state index contributed by atoms with van der Waals surface area (Å²) in [6, 6.07) is 11.2. The Kier molecular flexibility index (Phi) is 4.71. The average molecular weight is 369 g/mol. The van der Waals surface area contributed by atoms with Crippen LogP contribution in [-0.4, -0.2) is 31.3 Å². The summed E-state index contributed by atoms with van der Waals surface area (Å²) in [6.07, 6.45) is 4.15. The minimum absolute atomic E-state index is 0.165. The standard InChI is InChI=1S/C19H19N3O3S/c1-24-14-6-4-13(5-7-14)20-19-21-18(23)16(26-19)12-15-8-9-17(25-15)22-10-2-3-11-22/h4-9,12H,2-3,10-11H2,1H3,(H,20,21,23)/b16-12+. The highest BCUT2D eigenvalue weighted by molar-refractivity contribution is 8.18. The number of furan rings is 1. The molecule has 7 heteroatoms. The number of hydrogen-bond acceptors (Lipinski definition) is 6. The average Bonchev–Trinajstić information content (AvgIpc) is 3.38. The summed E-state index contributed by atoms with van der Waals surface area (Å²) in [6.45, 7) is 2.05. The van der Waals surface area contributed by atoms with E-state index in [1.165, 1.54) is 24.6 Å². The van der Waals surface area contributed by atoms with E-state index in [0.29, 0.717) is 15.8 Å². The summed E-state index contributed by atoms with van der Waals surface area (Å²) in [5, 5.41) is 3.34. The molecule has 26 heavy (non-hydrogen) atoms. The number of methoxy groups -OCH3 is 1. The van der Waals surface area contributed by atoms with Crippen LogP contribution in [0.15, 0.2) is 50.7 Å². The lowest BCUT2D eigenvalue weighted by Crippen LogP contribution is -2.19. The fraction of sp³-hybridized carbons (Fsp3) is 0.263. The number of amidine groups is 1. The Morgan fingerprint density at radius 3 is 2.69 bits per heavy atom. The zero-order valence-corrected chi connectivity index (χ0v) is 15.2. The molecular weight excluding hydrogens is 350 g/mol. The summed E-state index contributed by atoms with van der Waals surface area (Å²) in [4.78, 5) is 19.4. The molecule has 2 fully saturated rings. The Morgan fingerprint density at radius 1 is 1.19 bits per heavy atom. The number of aliphatic imine (C=N–C) groups is 1. The monoisotopic (exact) mass is 369 g/mol. The van der Waals surface area contributed by atoms with Crippen LogP contribution in [0.1, 0.15) is 18.6 Å². The molecule has 1 aromatic heterocycles. The lowest BCUT2D eigenvalue weighted by Gasteiger charge is -2.12. The van der Waals surface area contributed by atoms with Crippen LogP contribution in [0, 0.1) is 0 Å². The van der Waals surface area contributed by atoms with E-state index >= 15 is 0 Å². The number of anilines is 1. The lowest BCUT2D eigenvalue weighted by atomic mass is 10.3. The Bertz CT molecular complexity index is 864. The molecular formula is C19H19N3O3S. The molecule has 0 saturated carbocycles. The van der Waals surface area contributed by atoms with Crippen LogP contribution in [0.2, 0.25) is 0 Å². The second-order valence-corrected chi connectivity index (χ2v) is 7.08. The molecule has 3 heterocycles. The number of nitrogens with one attached hydrogen (secondary N) is 1. The maximum absolute atomic E-state index is 12.2. The van der Waals surface area contributed by atoms with Gasteiger partial charge in [0, 0.05) is 25.2 Å². The number of carbonyl (C=O) groups is 1. The number of carbonyl (C=O) groups excluding carboxylic acids is 1. The minimum Gasteiger partial charge on any atom is -0.497 e. The van der Waals surface area contributed by atoms with Gasteiger partial charge in [0.25, 0.3) is 5.91 Å². The van der Waals surface area contributed by atoms with Crippen LogP contribution in [0.5, 0.6) is 5.75 Å². The summed E-state index contributed by atoms with van der Waals surface area (Å²) in [5.41, 5.74) is 0.754. The fourth-order valence-corrected chi connectivity index (χ4v) is 3.73. The molecule has 0 radical (unpaired) electrons. The molecule has 6 nitrogen and oxygen atoms in total. The Morgan fingerprint density at radius 2 is 1.96 bits per heavy atom. The zero-order chi connectivity index (χ0) is 17.9. The SMILES string of the molecule is COc1ccc(N=C2NC(=O)/C(=C\c3ccc(N4CCCC4)o3)S2)cc1. The van der Waals surface area contributed by atoms with Gasteiger partial charge in [-0.25, -0.2) is 4.99 Å². The predicted molar refractivity (Wildman–Crippen MR) is 104 cm³/mol. The minimum atomic E-state index is -0.165. The summed E-state index contributed by atoms with van der Waals surface area (Å²) >= 11 is 1.31. The van der Waals surface area contributed by atoms with E-state index in [2.05, 4.69) is 15.2 Å². The molecule has 1 amide bonds. The normalized spacial score (nSPS) is 20.2. The van der Waals surface area contributed by atoms with Gasteiger partial charge in [0.05, 0.1) is 17.7 Å². The number of nitrogens with zero attached hydrogens (tertiary/aromatic N) is 2. The highest BCUT2D eigenvalue weighted by Crippen LogP contribution is 2.30. The molecule has 0 unspecified atom stereocenters. The highest BCUT2D eigenvalue weighted by atomic mass is 32.2. The molecule has 2 aliphatic heterocycles. The summed E-state index contributed by atoms with van der Waals surface area (Å²) < 4.78 is 11.0. The van der Waals surface area contributed by atoms with E-state index in [1.807, 2.05) is 36.4 Å². The van der Waals surface area contributed by atoms with Crippen molar-refractivity contribution in [2.24, 2.45) is 4.99 Å². The van der Waals surface area contributed by atoms with Gasteiger partial charge in [-0.3, -0.25) is 4.79 Å². The zero-order valence-electron chi connectivity index (χ0n) is 14.4. The first-order valence-corrected chi connectivity index (χ1v) is 9.31. The van der Waals surface area contributed by atoms with Crippen LogP contribution >= 0.6 is 11.8 Å². The van der Waals surface area contributed by atoms with Crippen molar-refractivity contribution in [3.05, 3.63) is 47.1 Å². The van der Waals surface area contributed by atoms with E-state index in [-0.39, 0.29) is 5.91 Å². The van der Waals surface area contributed by atoms with Crippen LogP contribution in [-0.2, 0) is 4.79 Å². The maximum Gasteiger partial charge on any atom is 0.264 e. The molecule has 1 aromatic carbocycles. The molecule has 2 saturated heterocycles. The van der Waals surface area contributed by atoms with Gasteiger partial charge >= 0.3 is 0 Å². The first-order valence-electron chi connectivity index (χ1n) is 8.50. The van der Waals surface area contributed by atoms with Crippen molar-refractivity contribution in [3.8, 4) is 5.75 Å². The molecule has 2 aromatic rings. The topological polar surface area (TPSA) is 67.1 Å². The maximum atomic E-state index is 12.2. The van der Waals surface area contributed by atoms with Crippen LogP contribution in [0.25, 0.3) is 6.08 Å².